The predicted octanol–water partition coefficient (Wildman–Crippen LogP) is 2.91. The van der Waals surface area contributed by atoms with Crippen LogP contribution in [0.3, 0.4) is 0 Å². The molecule has 1 aromatic heterocycles. The van der Waals surface area contributed by atoms with E-state index in [0.29, 0.717) is 11.6 Å². The highest BCUT2D eigenvalue weighted by molar-refractivity contribution is 5.98. The van der Waals surface area contributed by atoms with Gasteiger partial charge in [-0.1, -0.05) is 30.3 Å². The molecule has 4 N–H and O–H groups in total. The molecule has 4 rings (SSSR count). The van der Waals surface area contributed by atoms with Gasteiger partial charge in [0.05, 0.1) is 0 Å². The molecular weight excluding hydrogens is 298 g/mol. The van der Waals surface area contributed by atoms with Crippen LogP contribution in [0.5, 0.6) is 0 Å². The molecule has 0 spiro atoms. The van der Waals surface area contributed by atoms with Crippen molar-refractivity contribution in [3.63, 3.8) is 0 Å². The van der Waals surface area contributed by atoms with Gasteiger partial charge in [0.1, 0.15) is 0 Å². The number of nitrogens with one attached hydrogen (secondary N) is 2. The summed E-state index contributed by atoms with van der Waals surface area (Å²) in [5.74, 6) is -0.374. The number of fused-ring (bicyclic) bond motifs is 3. The second-order valence-corrected chi connectivity index (χ2v) is 6.51. The van der Waals surface area contributed by atoms with Gasteiger partial charge in [-0.2, -0.15) is 0 Å². The summed E-state index contributed by atoms with van der Waals surface area (Å²) in [4.78, 5) is 15.0. The molecular formula is C20H21N3O. The normalized spacial score (nSPS) is 16.9. The number of carbonyl (C=O) groups is 1. The number of nitrogens with two attached hydrogens (primary N) is 1. The van der Waals surface area contributed by atoms with Crippen LogP contribution in [0, 0.1) is 0 Å². The number of primary amides is 1. The van der Waals surface area contributed by atoms with Crippen LogP contribution < -0.4 is 11.1 Å². The van der Waals surface area contributed by atoms with E-state index in [2.05, 4.69) is 34.6 Å². The predicted molar refractivity (Wildman–Crippen MR) is 95.9 cm³/mol. The Kier molecular flexibility index (Phi) is 3.82. The van der Waals surface area contributed by atoms with Crippen LogP contribution >= 0.6 is 0 Å². The van der Waals surface area contributed by atoms with E-state index in [0.717, 1.165) is 36.7 Å². The van der Waals surface area contributed by atoms with Crippen molar-refractivity contribution in [2.45, 2.75) is 31.8 Å². The van der Waals surface area contributed by atoms with Crippen LogP contribution in [-0.2, 0) is 19.4 Å². The average Bonchev–Trinajstić information content (AvgIpc) is 2.98. The van der Waals surface area contributed by atoms with Crippen molar-refractivity contribution in [3.05, 3.63) is 70.9 Å². The first-order chi connectivity index (χ1) is 11.7. The lowest BCUT2D eigenvalue weighted by molar-refractivity contribution is 0.100. The number of hydrogen-bond donors (Lipinski definition) is 3. The Morgan fingerprint density at radius 1 is 1.21 bits per heavy atom. The van der Waals surface area contributed by atoms with Crippen molar-refractivity contribution in [2.75, 3.05) is 0 Å². The molecule has 0 aliphatic heterocycles. The van der Waals surface area contributed by atoms with Crippen LogP contribution in [0.4, 0.5) is 0 Å². The van der Waals surface area contributed by atoms with Gasteiger partial charge in [-0.15, -0.1) is 0 Å². The number of aryl methyl sites for hydroxylation is 1. The van der Waals surface area contributed by atoms with Crippen molar-refractivity contribution >= 4 is 16.8 Å². The molecule has 0 saturated heterocycles. The van der Waals surface area contributed by atoms with E-state index in [-0.39, 0.29) is 5.91 Å². The number of hydrogen-bond acceptors (Lipinski definition) is 2. The van der Waals surface area contributed by atoms with E-state index in [4.69, 9.17) is 5.73 Å². The Bertz CT molecular complexity index is 883. The fourth-order valence-electron chi connectivity index (χ4n) is 3.60. The molecule has 1 atom stereocenters. The molecule has 2 aromatic carbocycles. The van der Waals surface area contributed by atoms with Crippen molar-refractivity contribution in [1.29, 1.82) is 0 Å². The molecule has 4 nitrogen and oxygen atoms in total. The second-order valence-electron chi connectivity index (χ2n) is 6.51. The van der Waals surface area contributed by atoms with Gasteiger partial charge in [0.25, 0.3) is 0 Å². The maximum Gasteiger partial charge on any atom is 0.248 e. The number of aromatic nitrogens is 1. The quantitative estimate of drug-likeness (QED) is 0.692. The summed E-state index contributed by atoms with van der Waals surface area (Å²) in [6.45, 7) is 0.885. The highest BCUT2D eigenvalue weighted by atomic mass is 16.1. The molecule has 0 saturated carbocycles. The van der Waals surface area contributed by atoms with Crippen LogP contribution in [-0.4, -0.2) is 16.9 Å². The number of aromatic amines is 1. The zero-order valence-electron chi connectivity index (χ0n) is 13.5. The van der Waals surface area contributed by atoms with Gasteiger partial charge in [0.15, 0.2) is 0 Å². The number of amides is 1. The minimum Gasteiger partial charge on any atom is -0.366 e. The fraction of sp³-hybridized carbons (Fsp3) is 0.250. The molecule has 1 unspecified atom stereocenters. The van der Waals surface area contributed by atoms with Crippen LogP contribution in [0.15, 0.2) is 48.5 Å². The lowest BCUT2D eigenvalue weighted by Crippen LogP contribution is -2.33. The zero-order chi connectivity index (χ0) is 16.5. The first-order valence-electron chi connectivity index (χ1n) is 8.41. The van der Waals surface area contributed by atoms with Gasteiger partial charge in [-0.05, 0) is 48.6 Å². The lowest BCUT2D eigenvalue weighted by Gasteiger charge is -2.24. The van der Waals surface area contributed by atoms with E-state index in [9.17, 15) is 4.79 Å². The second kappa shape index (κ2) is 6.13. The van der Waals surface area contributed by atoms with Gasteiger partial charge >= 0.3 is 0 Å². The molecule has 1 aliphatic carbocycles. The summed E-state index contributed by atoms with van der Waals surface area (Å²) >= 11 is 0. The van der Waals surface area contributed by atoms with Gasteiger partial charge in [0, 0.05) is 34.7 Å². The number of carbonyl (C=O) groups excluding carboxylic acids is 1. The average molecular weight is 319 g/mol. The minimum atomic E-state index is -0.374. The van der Waals surface area contributed by atoms with Crippen molar-refractivity contribution in [2.24, 2.45) is 5.73 Å². The Morgan fingerprint density at radius 2 is 2.04 bits per heavy atom. The van der Waals surface area contributed by atoms with E-state index in [1.54, 1.807) is 6.07 Å². The highest BCUT2D eigenvalue weighted by Crippen LogP contribution is 2.30. The molecule has 0 bridgehead atoms. The van der Waals surface area contributed by atoms with E-state index < -0.39 is 0 Å². The summed E-state index contributed by atoms with van der Waals surface area (Å²) in [6.07, 6.45) is 3.13. The van der Waals surface area contributed by atoms with E-state index >= 15 is 0 Å². The standard InChI is InChI=1S/C20H21N3O/c21-20(24)14-6-8-18-16(10-14)17-11-15(7-9-19(17)23-18)22-12-13-4-2-1-3-5-13/h1-6,8,10,15,22-23H,7,9,11-12H2,(H2,21,24). The summed E-state index contributed by atoms with van der Waals surface area (Å²) in [5.41, 5.74) is 11.0. The monoisotopic (exact) mass is 319 g/mol. The molecule has 1 amide bonds. The topological polar surface area (TPSA) is 70.9 Å². The number of H-pyrrole nitrogens is 1. The number of rotatable bonds is 4. The molecule has 1 aliphatic rings. The molecule has 1 heterocycles. The van der Waals surface area contributed by atoms with Crippen molar-refractivity contribution in [3.8, 4) is 0 Å². The van der Waals surface area contributed by atoms with Gasteiger partial charge in [-0.3, -0.25) is 4.79 Å². The fourth-order valence-corrected chi connectivity index (χ4v) is 3.60. The Balaban J connectivity index is 1.56. The summed E-state index contributed by atoms with van der Waals surface area (Å²) in [5, 5.41) is 4.80. The van der Waals surface area contributed by atoms with Gasteiger partial charge in [0.2, 0.25) is 5.91 Å². The summed E-state index contributed by atoms with van der Waals surface area (Å²) < 4.78 is 0. The molecule has 4 heteroatoms. The molecule has 3 aromatic rings. The maximum atomic E-state index is 11.5. The molecule has 122 valence electrons. The zero-order valence-corrected chi connectivity index (χ0v) is 13.5. The highest BCUT2D eigenvalue weighted by Gasteiger charge is 2.22. The summed E-state index contributed by atoms with van der Waals surface area (Å²) in [6, 6.07) is 16.6. The van der Waals surface area contributed by atoms with Crippen LogP contribution in [0.2, 0.25) is 0 Å². The lowest BCUT2D eigenvalue weighted by atomic mass is 9.91. The van der Waals surface area contributed by atoms with E-state index in [1.165, 1.54) is 16.8 Å². The SMILES string of the molecule is NC(=O)c1ccc2[nH]c3c(c2c1)CC(NCc1ccccc1)CC3. The molecule has 24 heavy (non-hydrogen) atoms. The minimum absolute atomic E-state index is 0.374. The third-order valence-electron chi connectivity index (χ3n) is 4.91. The third-order valence-corrected chi connectivity index (χ3v) is 4.91. The van der Waals surface area contributed by atoms with Crippen LogP contribution in [0.25, 0.3) is 10.9 Å². The maximum absolute atomic E-state index is 11.5. The summed E-state index contributed by atoms with van der Waals surface area (Å²) in [7, 11) is 0. The van der Waals surface area contributed by atoms with E-state index in [1.807, 2.05) is 18.2 Å². The molecule has 0 radical (unpaired) electrons. The first-order valence-corrected chi connectivity index (χ1v) is 8.41. The van der Waals surface area contributed by atoms with Crippen molar-refractivity contribution < 1.29 is 4.79 Å². The first kappa shape index (κ1) is 15.0. The largest absolute Gasteiger partial charge is 0.366 e. The molecule has 0 fully saturated rings. The van der Waals surface area contributed by atoms with Gasteiger partial charge in [-0.25, -0.2) is 0 Å². The van der Waals surface area contributed by atoms with Crippen LogP contribution in [0.1, 0.15) is 33.6 Å². The Hall–Kier alpha value is -2.59. The number of benzene rings is 2. The Labute approximate surface area is 141 Å². The van der Waals surface area contributed by atoms with Crippen molar-refractivity contribution in [1.82, 2.24) is 10.3 Å². The smallest absolute Gasteiger partial charge is 0.248 e. The van der Waals surface area contributed by atoms with Gasteiger partial charge < -0.3 is 16.0 Å². The third kappa shape index (κ3) is 2.81. The Morgan fingerprint density at radius 3 is 2.83 bits per heavy atom.